The quantitative estimate of drug-likeness (QED) is 0.480. The maximum absolute atomic E-state index is 11.9. The Bertz CT molecular complexity index is 587. The van der Waals surface area contributed by atoms with Gasteiger partial charge < -0.3 is 14.0 Å². The van der Waals surface area contributed by atoms with Crippen molar-refractivity contribution in [2.24, 2.45) is 0 Å². The first kappa shape index (κ1) is 17.7. The van der Waals surface area contributed by atoms with Crippen molar-refractivity contribution in [1.29, 1.82) is 0 Å². The molecule has 2 rings (SSSR count). The normalized spacial score (nSPS) is 19.3. The molecule has 0 bridgehead atoms. The first-order valence-corrected chi connectivity index (χ1v) is 8.54. The van der Waals surface area contributed by atoms with Crippen molar-refractivity contribution in [2.45, 2.75) is 43.8 Å². The van der Waals surface area contributed by atoms with E-state index < -0.39 is 24.3 Å². The van der Waals surface area contributed by atoms with Crippen LogP contribution in [0, 0.1) is 0 Å². The Hall–Kier alpha value is -0.685. The number of rotatable bonds is 3. The predicted octanol–water partition coefficient (Wildman–Crippen LogP) is 3.15. The van der Waals surface area contributed by atoms with E-state index in [4.69, 9.17) is 25.6 Å². The molecule has 0 aromatic heterocycles. The number of carbonyl (C=O) groups excluding carboxylic acids is 1. The summed E-state index contributed by atoms with van der Waals surface area (Å²) in [6.07, 6.45) is 1.88. The average molecular weight is 343 g/mol. The molecule has 1 fully saturated rings. The van der Waals surface area contributed by atoms with Gasteiger partial charge in [0, 0.05) is 4.90 Å². The van der Waals surface area contributed by atoms with Gasteiger partial charge in [-0.15, -0.1) is 11.8 Å². The van der Waals surface area contributed by atoms with Crippen LogP contribution >= 0.6 is 23.4 Å². The Morgan fingerprint density at radius 3 is 2.23 bits per heavy atom. The molecule has 0 N–H and O–H groups in total. The van der Waals surface area contributed by atoms with Crippen molar-refractivity contribution in [3.05, 3.63) is 22.7 Å². The van der Waals surface area contributed by atoms with Gasteiger partial charge in [0.05, 0.1) is 28.9 Å². The molecule has 1 saturated heterocycles. The summed E-state index contributed by atoms with van der Waals surface area (Å²) in [5.74, 6) is -0.449. The second-order valence-electron chi connectivity index (χ2n) is 6.16. The van der Waals surface area contributed by atoms with E-state index >= 15 is 0 Å². The van der Waals surface area contributed by atoms with Crippen molar-refractivity contribution in [3.63, 3.8) is 0 Å². The summed E-state index contributed by atoms with van der Waals surface area (Å²) in [7, 11) is 0.824. The van der Waals surface area contributed by atoms with Crippen LogP contribution in [-0.2, 0) is 14.0 Å². The van der Waals surface area contributed by atoms with Crippen LogP contribution in [0.2, 0.25) is 5.02 Å². The van der Waals surface area contributed by atoms with Crippen LogP contribution in [0.4, 0.5) is 0 Å². The van der Waals surface area contributed by atoms with Crippen LogP contribution in [0.1, 0.15) is 38.1 Å². The van der Waals surface area contributed by atoms with Gasteiger partial charge in [0.15, 0.2) is 0 Å². The maximum Gasteiger partial charge on any atom is 0.494 e. The third-order valence-electron chi connectivity index (χ3n) is 4.21. The number of halogens is 1. The third-order valence-corrected chi connectivity index (χ3v) is 5.27. The van der Waals surface area contributed by atoms with Crippen LogP contribution < -0.4 is 5.46 Å². The molecule has 0 unspecified atom stereocenters. The molecule has 1 aliphatic rings. The topological polar surface area (TPSA) is 44.8 Å². The lowest BCUT2D eigenvalue weighted by Crippen LogP contribution is -2.41. The number of methoxy groups -OCH3 is 1. The number of thioether (sulfide) groups is 1. The summed E-state index contributed by atoms with van der Waals surface area (Å²) in [5, 5.41) is 0.336. The minimum absolute atomic E-state index is 0.336. The van der Waals surface area contributed by atoms with E-state index in [1.54, 1.807) is 6.07 Å². The molecule has 4 nitrogen and oxygen atoms in total. The van der Waals surface area contributed by atoms with Gasteiger partial charge in [0.2, 0.25) is 0 Å². The highest BCUT2D eigenvalue weighted by Gasteiger charge is 2.51. The fraction of sp³-hybridized carbons (Fsp3) is 0.533. The van der Waals surface area contributed by atoms with Crippen LogP contribution in [-0.4, -0.2) is 37.7 Å². The molecule has 0 aliphatic carbocycles. The number of ether oxygens (including phenoxy) is 1. The van der Waals surface area contributed by atoms with E-state index in [1.165, 1.54) is 18.9 Å². The van der Waals surface area contributed by atoms with Gasteiger partial charge in [-0.05, 0) is 51.5 Å². The molecule has 0 atom stereocenters. The molecule has 1 aliphatic heterocycles. The minimum atomic E-state index is -0.514. The van der Waals surface area contributed by atoms with Crippen LogP contribution in [0.3, 0.4) is 0 Å². The molecular formula is C15H20BClO4S. The van der Waals surface area contributed by atoms with Crippen molar-refractivity contribution < 1.29 is 18.8 Å². The summed E-state index contributed by atoms with van der Waals surface area (Å²) < 4.78 is 16.8. The Labute approximate surface area is 141 Å². The average Bonchev–Trinajstić information content (AvgIpc) is 2.65. The largest absolute Gasteiger partial charge is 0.494 e. The summed E-state index contributed by atoms with van der Waals surface area (Å²) in [6, 6.07) is 3.57. The van der Waals surface area contributed by atoms with Crippen LogP contribution in [0.25, 0.3) is 0 Å². The first-order valence-electron chi connectivity index (χ1n) is 6.94. The molecule has 0 saturated carbocycles. The summed E-state index contributed by atoms with van der Waals surface area (Å²) in [4.78, 5) is 12.6. The van der Waals surface area contributed by atoms with Gasteiger partial charge in [0.25, 0.3) is 0 Å². The lowest BCUT2D eigenvalue weighted by molar-refractivity contribution is 0.00578. The molecule has 0 spiro atoms. The molecule has 1 aromatic carbocycles. The van der Waals surface area contributed by atoms with Gasteiger partial charge in [-0.1, -0.05) is 11.6 Å². The molecule has 1 aromatic rings. The van der Waals surface area contributed by atoms with Gasteiger partial charge in [0.1, 0.15) is 0 Å². The molecule has 22 heavy (non-hydrogen) atoms. The summed E-state index contributed by atoms with van der Waals surface area (Å²) in [6.45, 7) is 7.97. The summed E-state index contributed by atoms with van der Waals surface area (Å²) in [5.41, 5.74) is 0.313. The highest BCUT2D eigenvalue weighted by atomic mass is 35.5. The van der Waals surface area contributed by atoms with Gasteiger partial charge in [-0.2, -0.15) is 0 Å². The molecule has 1 heterocycles. The lowest BCUT2D eigenvalue weighted by Gasteiger charge is -2.32. The smallest absolute Gasteiger partial charge is 0.465 e. The molecular weight excluding hydrogens is 322 g/mol. The van der Waals surface area contributed by atoms with E-state index in [-0.39, 0.29) is 0 Å². The summed E-state index contributed by atoms with van der Waals surface area (Å²) >= 11 is 7.71. The monoisotopic (exact) mass is 342 g/mol. The standard InChI is InChI=1S/C15H20BClO4S/c1-14(2)15(3,4)21-16(20-14)9-7-10(17)12(13(18)19-5)11(8-9)22-6/h7-8H,1-6H3. The number of hydrogen-bond acceptors (Lipinski definition) is 5. The molecule has 0 radical (unpaired) electrons. The van der Waals surface area contributed by atoms with E-state index in [1.807, 2.05) is 40.0 Å². The zero-order chi connectivity index (χ0) is 16.7. The number of benzene rings is 1. The number of hydrogen-bond donors (Lipinski definition) is 0. The minimum Gasteiger partial charge on any atom is -0.465 e. The molecule has 7 heteroatoms. The van der Waals surface area contributed by atoms with Gasteiger partial charge in [-0.25, -0.2) is 4.79 Å². The van der Waals surface area contributed by atoms with E-state index in [0.29, 0.717) is 10.6 Å². The highest BCUT2D eigenvalue weighted by Crippen LogP contribution is 2.37. The van der Waals surface area contributed by atoms with Crippen molar-refractivity contribution in [2.75, 3.05) is 13.4 Å². The highest BCUT2D eigenvalue weighted by molar-refractivity contribution is 7.98. The number of carbonyl (C=O) groups is 1. The molecule has 0 amide bonds. The fourth-order valence-corrected chi connectivity index (χ4v) is 3.19. The fourth-order valence-electron chi connectivity index (χ4n) is 2.18. The van der Waals surface area contributed by atoms with Crippen LogP contribution in [0.15, 0.2) is 17.0 Å². The van der Waals surface area contributed by atoms with E-state index in [2.05, 4.69) is 0 Å². The van der Waals surface area contributed by atoms with Crippen LogP contribution in [0.5, 0.6) is 0 Å². The second kappa shape index (κ2) is 6.08. The zero-order valence-corrected chi connectivity index (χ0v) is 15.2. The predicted molar refractivity (Wildman–Crippen MR) is 90.3 cm³/mol. The SMILES string of the molecule is COC(=O)c1c(Cl)cc(B2OC(C)(C)C(C)(C)O2)cc1SC. The Morgan fingerprint density at radius 2 is 1.77 bits per heavy atom. The van der Waals surface area contributed by atoms with Gasteiger partial charge >= 0.3 is 13.1 Å². The van der Waals surface area contributed by atoms with Crippen molar-refractivity contribution >= 4 is 41.9 Å². The van der Waals surface area contributed by atoms with Gasteiger partial charge in [-0.3, -0.25) is 0 Å². The maximum atomic E-state index is 11.9. The third kappa shape index (κ3) is 3.02. The Kier molecular flexibility index (Phi) is 4.88. The van der Waals surface area contributed by atoms with E-state index in [9.17, 15) is 4.79 Å². The Balaban J connectivity index is 2.43. The van der Waals surface area contributed by atoms with Crippen molar-refractivity contribution in [3.8, 4) is 0 Å². The van der Waals surface area contributed by atoms with Crippen molar-refractivity contribution in [1.82, 2.24) is 0 Å². The zero-order valence-electron chi connectivity index (χ0n) is 13.7. The number of esters is 1. The first-order chi connectivity index (χ1) is 10.1. The van der Waals surface area contributed by atoms with E-state index in [0.717, 1.165) is 10.4 Å². The molecule has 120 valence electrons. The lowest BCUT2D eigenvalue weighted by atomic mass is 9.79. The second-order valence-corrected chi connectivity index (χ2v) is 7.42. The Morgan fingerprint density at radius 1 is 1.23 bits per heavy atom.